The van der Waals surface area contributed by atoms with Crippen molar-refractivity contribution in [2.24, 2.45) is 0 Å². The minimum absolute atomic E-state index is 0.107. The molecule has 0 aliphatic rings. The van der Waals surface area contributed by atoms with Crippen LogP contribution in [-0.2, 0) is 0 Å². The summed E-state index contributed by atoms with van der Waals surface area (Å²) in [5.41, 5.74) is 2.28. The first-order valence-electron chi connectivity index (χ1n) is 5.18. The predicted octanol–water partition coefficient (Wildman–Crippen LogP) is 3.50. The third kappa shape index (κ3) is 2.33. The average Bonchev–Trinajstić information content (AvgIpc) is 2.29. The summed E-state index contributed by atoms with van der Waals surface area (Å²) in [6.45, 7) is 1.94. The largest absolute Gasteiger partial charge is 0.478 e. The maximum atomic E-state index is 13.2. The number of rotatable bonds is 2. The molecule has 0 aliphatic carbocycles. The molecule has 2 nitrogen and oxygen atoms in total. The van der Waals surface area contributed by atoms with Crippen LogP contribution in [0.25, 0.3) is 11.1 Å². The van der Waals surface area contributed by atoms with Gasteiger partial charge >= 0.3 is 5.97 Å². The molecular formula is C14H11FO2. The molecule has 0 heterocycles. The second kappa shape index (κ2) is 4.37. The Labute approximate surface area is 98.3 Å². The number of benzene rings is 2. The number of halogens is 1. The normalized spacial score (nSPS) is 10.2. The molecule has 0 amide bonds. The third-order valence-electron chi connectivity index (χ3n) is 2.57. The Morgan fingerprint density at radius 2 is 1.76 bits per heavy atom. The average molecular weight is 230 g/mol. The lowest BCUT2D eigenvalue weighted by Crippen LogP contribution is -2.00. The number of carboxylic acids is 1. The fourth-order valence-electron chi connectivity index (χ4n) is 1.67. The van der Waals surface area contributed by atoms with Gasteiger partial charge in [0.2, 0.25) is 0 Å². The first kappa shape index (κ1) is 11.3. The molecule has 0 unspecified atom stereocenters. The first-order chi connectivity index (χ1) is 8.08. The standard InChI is InChI=1S/C14H11FO2/c1-9-2-4-10(5-3-9)13-8-11(15)6-7-12(13)14(16)17/h2-8H,1H3,(H,16,17). The van der Waals surface area contributed by atoms with E-state index in [4.69, 9.17) is 5.11 Å². The van der Waals surface area contributed by atoms with Crippen LogP contribution in [0.15, 0.2) is 42.5 Å². The Morgan fingerprint density at radius 1 is 1.12 bits per heavy atom. The molecule has 86 valence electrons. The Hall–Kier alpha value is -2.16. The van der Waals surface area contributed by atoms with Gasteiger partial charge in [-0.2, -0.15) is 0 Å². The molecule has 0 saturated heterocycles. The lowest BCUT2D eigenvalue weighted by Gasteiger charge is -2.06. The number of aryl methyl sites for hydroxylation is 1. The van der Waals surface area contributed by atoms with Crippen molar-refractivity contribution in [3.8, 4) is 11.1 Å². The van der Waals surface area contributed by atoms with Crippen LogP contribution in [0.3, 0.4) is 0 Å². The molecule has 0 spiro atoms. The summed E-state index contributed by atoms with van der Waals surface area (Å²) in [5, 5.41) is 9.05. The smallest absolute Gasteiger partial charge is 0.336 e. The molecule has 1 N–H and O–H groups in total. The van der Waals surface area contributed by atoms with Crippen LogP contribution in [0.1, 0.15) is 15.9 Å². The van der Waals surface area contributed by atoms with Gasteiger partial charge in [-0.3, -0.25) is 0 Å². The molecule has 2 rings (SSSR count). The number of hydrogen-bond donors (Lipinski definition) is 1. The Kier molecular flexibility index (Phi) is 2.91. The summed E-state index contributed by atoms with van der Waals surface area (Å²) in [6, 6.07) is 11.0. The molecular weight excluding hydrogens is 219 g/mol. The van der Waals surface area contributed by atoms with E-state index in [1.165, 1.54) is 12.1 Å². The first-order valence-corrected chi connectivity index (χ1v) is 5.18. The quantitative estimate of drug-likeness (QED) is 0.857. The van der Waals surface area contributed by atoms with E-state index in [1.807, 2.05) is 19.1 Å². The van der Waals surface area contributed by atoms with Crippen molar-refractivity contribution >= 4 is 5.97 Å². The van der Waals surface area contributed by atoms with Gasteiger partial charge in [-0.25, -0.2) is 9.18 Å². The number of carbonyl (C=O) groups is 1. The summed E-state index contributed by atoms with van der Waals surface area (Å²) in [7, 11) is 0. The topological polar surface area (TPSA) is 37.3 Å². The van der Waals surface area contributed by atoms with Crippen molar-refractivity contribution in [1.29, 1.82) is 0 Å². The van der Waals surface area contributed by atoms with Gasteiger partial charge in [0.15, 0.2) is 0 Å². The highest BCUT2D eigenvalue weighted by Gasteiger charge is 2.12. The zero-order chi connectivity index (χ0) is 12.4. The van der Waals surface area contributed by atoms with Gasteiger partial charge in [-0.1, -0.05) is 29.8 Å². The van der Waals surface area contributed by atoms with Gasteiger partial charge in [0.1, 0.15) is 5.82 Å². The van der Waals surface area contributed by atoms with E-state index in [1.54, 1.807) is 12.1 Å². The molecule has 0 bridgehead atoms. The van der Waals surface area contributed by atoms with Crippen LogP contribution in [0.4, 0.5) is 4.39 Å². The lowest BCUT2D eigenvalue weighted by molar-refractivity contribution is 0.0697. The zero-order valence-corrected chi connectivity index (χ0v) is 9.27. The molecule has 0 aliphatic heterocycles. The molecule has 0 fully saturated rings. The van der Waals surface area contributed by atoms with Gasteiger partial charge in [0.05, 0.1) is 5.56 Å². The lowest BCUT2D eigenvalue weighted by atomic mass is 9.99. The summed E-state index contributed by atoms with van der Waals surface area (Å²) in [4.78, 5) is 11.1. The minimum atomic E-state index is -1.06. The fourth-order valence-corrected chi connectivity index (χ4v) is 1.67. The van der Waals surface area contributed by atoms with Crippen LogP contribution in [0, 0.1) is 12.7 Å². The van der Waals surface area contributed by atoms with E-state index in [2.05, 4.69) is 0 Å². The molecule has 0 aromatic heterocycles. The van der Waals surface area contributed by atoms with Crippen molar-refractivity contribution in [3.05, 3.63) is 59.4 Å². The highest BCUT2D eigenvalue weighted by molar-refractivity contribution is 5.96. The molecule has 2 aromatic rings. The summed E-state index contributed by atoms with van der Waals surface area (Å²) >= 11 is 0. The van der Waals surface area contributed by atoms with Crippen molar-refractivity contribution in [2.45, 2.75) is 6.92 Å². The number of aromatic carboxylic acids is 1. The van der Waals surface area contributed by atoms with Gasteiger partial charge < -0.3 is 5.11 Å². The molecule has 17 heavy (non-hydrogen) atoms. The molecule has 0 saturated carbocycles. The number of hydrogen-bond acceptors (Lipinski definition) is 1. The second-order valence-electron chi connectivity index (χ2n) is 3.86. The van der Waals surface area contributed by atoms with Crippen LogP contribution in [0.2, 0.25) is 0 Å². The van der Waals surface area contributed by atoms with Gasteiger partial charge in [-0.15, -0.1) is 0 Å². The van der Waals surface area contributed by atoms with E-state index >= 15 is 0 Å². The maximum Gasteiger partial charge on any atom is 0.336 e. The van der Waals surface area contributed by atoms with Crippen molar-refractivity contribution in [2.75, 3.05) is 0 Å². The van der Waals surface area contributed by atoms with Crippen LogP contribution in [-0.4, -0.2) is 11.1 Å². The van der Waals surface area contributed by atoms with E-state index in [9.17, 15) is 9.18 Å². The minimum Gasteiger partial charge on any atom is -0.478 e. The monoisotopic (exact) mass is 230 g/mol. The van der Waals surface area contributed by atoms with Gasteiger partial charge in [0.25, 0.3) is 0 Å². The Balaban J connectivity index is 2.60. The van der Waals surface area contributed by atoms with E-state index in [0.29, 0.717) is 11.1 Å². The maximum absolute atomic E-state index is 13.2. The van der Waals surface area contributed by atoms with Crippen LogP contribution in [0.5, 0.6) is 0 Å². The Morgan fingerprint density at radius 3 is 2.35 bits per heavy atom. The highest BCUT2D eigenvalue weighted by atomic mass is 19.1. The van der Waals surface area contributed by atoms with E-state index < -0.39 is 11.8 Å². The van der Waals surface area contributed by atoms with Crippen LogP contribution < -0.4 is 0 Å². The van der Waals surface area contributed by atoms with Crippen molar-refractivity contribution < 1.29 is 14.3 Å². The molecule has 3 heteroatoms. The van der Waals surface area contributed by atoms with Gasteiger partial charge in [-0.05, 0) is 36.2 Å². The second-order valence-corrected chi connectivity index (χ2v) is 3.86. The summed E-state index contributed by atoms with van der Waals surface area (Å²) in [5.74, 6) is -1.49. The summed E-state index contributed by atoms with van der Waals surface area (Å²) < 4.78 is 13.2. The number of carboxylic acid groups (broad SMARTS) is 1. The SMILES string of the molecule is Cc1ccc(-c2cc(F)ccc2C(=O)O)cc1. The molecule has 0 atom stereocenters. The third-order valence-corrected chi connectivity index (χ3v) is 2.57. The van der Waals surface area contributed by atoms with Crippen molar-refractivity contribution in [1.82, 2.24) is 0 Å². The predicted molar refractivity (Wildman–Crippen MR) is 63.5 cm³/mol. The van der Waals surface area contributed by atoms with E-state index in [0.717, 1.165) is 11.6 Å². The highest BCUT2D eigenvalue weighted by Crippen LogP contribution is 2.25. The van der Waals surface area contributed by atoms with E-state index in [-0.39, 0.29) is 5.56 Å². The zero-order valence-electron chi connectivity index (χ0n) is 9.27. The molecule has 2 aromatic carbocycles. The van der Waals surface area contributed by atoms with Gasteiger partial charge in [0, 0.05) is 0 Å². The van der Waals surface area contributed by atoms with Crippen molar-refractivity contribution in [3.63, 3.8) is 0 Å². The fraction of sp³-hybridized carbons (Fsp3) is 0.0714. The van der Waals surface area contributed by atoms with Crippen LogP contribution >= 0.6 is 0 Å². The summed E-state index contributed by atoms with van der Waals surface area (Å²) in [6.07, 6.45) is 0. The molecule has 0 radical (unpaired) electrons. The Bertz CT molecular complexity index is 559.